The minimum Gasteiger partial charge on any atom is -0.495 e. The maximum Gasteiger partial charge on any atom is 0.251 e. The number of carbonyl (C=O) groups is 1. The van der Waals surface area contributed by atoms with Crippen LogP contribution >= 0.6 is 0 Å². The summed E-state index contributed by atoms with van der Waals surface area (Å²) in [6, 6.07) is 8.86. The molecule has 192 valence electrons. The van der Waals surface area contributed by atoms with Crippen LogP contribution in [0.4, 0.5) is 11.6 Å². The highest BCUT2D eigenvalue weighted by Gasteiger charge is 2.23. The number of benzene rings is 1. The van der Waals surface area contributed by atoms with Gasteiger partial charge in [0.25, 0.3) is 5.91 Å². The molecular formula is C26H28N6O5. The van der Waals surface area contributed by atoms with Crippen LogP contribution in [0.1, 0.15) is 23.7 Å². The number of rotatable bonds is 9. The van der Waals surface area contributed by atoms with E-state index in [0.29, 0.717) is 60.2 Å². The lowest BCUT2D eigenvalue weighted by atomic mass is 10.1. The van der Waals surface area contributed by atoms with Gasteiger partial charge >= 0.3 is 0 Å². The van der Waals surface area contributed by atoms with E-state index in [2.05, 4.69) is 25.6 Å². The lowest BCUT2D eigenvalue weighted by Crippen LogP contribution is -2.18. The number of ether oxygens (including phenoxy) is 4. The van der Waals surface area contributed by atoms with Gasteiger partial charge in [-0.05, 0) is 31.2 Å². The van der Waals surface area contributed by atoms with Gasteiger partial charge < -0.3 is 34.6 Å². The summed E-state index contributed by atoms with van der Waals surface area (Å²) in [4.78, 5) is 29.0. The van der Waals surface area contributed by atoms with Crippen molar-refractivity contribution >= 4 is 28.6 Å². The molecule has 1 amide bonds. The van der Waals surface area contributed by atoms with E-state index in [1.807, 2.05) is 25.3 Å². The molecule has 0 saturated carbocycles. The van der Waals surface area contributed by atoms with Gasteiger partial charge in [0, 0.05) is 48.6 Å². The molecule has 0 aliphatic carbocycles. The molecule has 37 heavy (non-hydrogen) atoms. The molecule has 0 spiro atoms. The second-order valence-corrected chi connectivity index (χ2v) is 8.32. The fourth-order valence-corrected chi connectivity index (χ4v) is 4.11. The van der Waals surface area contributed by atoms with Crippen molar-refractivity contribution in [2.75, 3.05) is 39.3 Å². The lowest BCUT2D eigenvalue weighted by molar-refractivity contribution is 0.0962. The van der Waals surface area contributed by atoms with E-state index in [9.17, 15) is 4.79 Å². The normalized spacial score (nSPS) is 14.9. The van der Waals surface area contributed by atoms with Crippen molar-refractivity contribution in [3.8, 4) is 28.6 Å². The number of aromatic amines is 1. The van der Waals surface area contributed by atoms with Crippen LogP contribution in [0.2, 0.25) is 0 Å². The molecule has 5 rings (SSSR count). The molecule has 1 atom stereocenters. The molecule has 0 radical (unpaired) electrons. The summed E-state index contributed by atoms with van der Waals surface area (Å²) >= 11 is 0. The average Bonchev–Trinajstić information content (AvgIpc) is 3.59. The topological polar surface area (TPSA) is 133 Å². The smallest absolute Gasteiger partial charge is 0.251 e. The number of H-pyrrole nitrogens is 1. The number of nitrogens with zero attached hydrogens (tertiary/aromatic N) is 3. The predicted octanol–water partition coefficient (Wildman–Crippen LogP) is 3.70. The molecule has 11 heteroatoms. The molecule has 11 nitrogen and oxygen atoms in total. The summed E-state index contributed by atoms with van der Waals surface area (Å²) in [5.74, 6) is 1.56. The van der Waals surface area contributed by atoms with Crippen molar-refractivity contribution in [2.45, 2.75) is 19.4 Å². The van der Waals surface area contributed by atoms with Crippen molar-refractivity contribution < 1.29 is 23.7 Å². The number of aromatic nitrogens is 4. The Labute approximate surface area is 213 Å². The van der Waals surface area contributed by atoms with E-state index in [0.717, 1.165) is 22.9 Å². The number of nitrogens with one attached hydrogen (secondary N) is 3. The van der Waals surface area contributed by atoms with Crippen LogP contribution in [0.3, 0.4) is 0 Å². The van der Waals surface area contributed by atoms with Gasteiger partial charge in [0.15, 0.2) is 0 Å². The van der Waals surface area contributed by atoms with Crippen LogP contribution in [-0.2, 0) is 4.74 Å². The molecule has 0 bridgehead atoms. The number of pyridine rings is 1. The van der Waals surface area contributed by atoms with Gasteiger partial charge in [-0.1, -0.05) is 0 Å². The summed E-state index contributed by atoms with van der Waals surface area (Å²) in [6.45, 7) is 3.60. The summed E-state index contributed by atoms with van der Waals surface area (Å²) in [7, 11) is 3.11. The van der Waals surface area contributed by atoms with E-state index in [4.69, 9.17) is 23.9 Å². The highest BCUT2D eigenvalue weighted by atomic mass is 16.5. The fourth-order valence-electron chi connectivity index (χ4n) is 4.11. The van der Waals surface area contributed by atoms with E-state index in [-0.39, 0.29) is 12.0 Å². The van der Waals surface area contributed by atoms with E-state index < -0.39 is 0 Å². The maximum atomic E-state index is 12.0. The van der Waals surface area contributed by atoms with Crippen LogP contribution in [0, 0.1) is 0 Å². The van der Waals surface area contributed by atoms with E-state index in [1.54, 1.807) is 31.4 Å². The predicted molar refractivity (Wildman–Crippen MR) is 138 cm³/mol. The second-order valence-electron chi connectivity index (χ2n) is 8.32. The average molecular weight is 505 g/mol. The van der Waals surface area contributed by atoms with E-state index >= 15 is 0 Å². The summed E-state index contributed by atoms with van der Waals surface area (Å²) in [6.07, 6.45) is 4.26. The summed E-state index contributed by atoms with van der Waals surface area (Å²) in [5, 5.41) is 6.54. The standard InChI is InChI=1S/C26H28N6O5/c1-4-36-21-8-6-16(12-28-21)18-13-29-23-22(18)25(37-17-9-10-35-14-17)32-26(31-23)30-19-7-5-15(24(33)27-2)11-20(19)34-3/h5-8,11-13,17H,4,9-10,14H2,1-3H3,(H,27,33)(H2,29,30,31,32)/t17-/m0/s1. The molecule has 1 fully saturated rings. The lowest BCUT2D eigenvalue weighted by Gasteiger charge is -2.15. The first kappa shape index (κ1) is 24.3. The minimum absolute atomic E-state index is 0.117. The van der Waals surface area contributed by atoms with E-state index in [1.165, 1.54) is 7.11 Å². The van der Waals surface area contributed by atoms with Crippen molar-refractivity contribution in [1.82, 2.24) is 25.3 Å². The first-order valence-electron chi connectivity index (χ1n) is 12.0. The molecule has 1 saturated heterocycles. The number of carbonyl (C=O) groups excluding carboxylic acids is 1. The van der Waals surface area contributed by atoms with Crippen LogP contribution in [0.25, 0.3) is 22.2 Å². The Hall–Kier alpha value is -4.38. The minimum atomic E-state index is -0.209. The fraction of sp³-hybridized carbons (Fsp3) is 0.308. The zero-order valence-electron chi connectivity index (χ0n) is 20.8. The van der Waals surface area contributed by atoms with Gasteiger partial charge in [0.05, 0.1) is 38.0 Å². The van der Waals surface area contributed by atoms with Gasteiger partial charge in [0.1, 0.15) is 17.5 Å². The third-order valence-electron chi connectivity index (χ3n) is 5.94. The SMILES string of the molecule is CCOc1ccc(-c2c[nH]c3nc(Nc4ccc(C(=O)NC)cc4OC)nc(O[C@H]4CCOC4)c23)cn1. The number of anilines is 2. The number of methoxy groups -OCH3 is 1. The van der Waals surface area contributed by atoms with Gasteiger partial charge in [-0.15, -0.1) is 0 Å². The quantitative estimate of drug-likeness (QED) is 0.312. The Morgan fingerprint density at radius 3 is 2.84 bits per heavy atom. The largest absolute Gasteiger partial charge is 0.495 e. The van der Waals surface area contributed by atoms with Crippen LogP contribution < -0.4 is 24.8 Å². The number of amides is 1. The molecule has 3 N–H and O–H groups in total. The highest BCUT2D eigenvalue weighted by molar-refractivity contribution is 5.98. The number of hydrogen-bond acceptors (Lipinski definition) is 9. The summed E-state index contributed by atoms with van der Waals surface area (Å²) in [5.41, 5.74) is 3.41. The zero-order chi connectivity index (χ0) is 25.8. The molecule has 4 aromatic rings. The van der Waals surface area contributed by atoms with Crippen LogP contribution in [-0.4, -0.2) is 65.9 Å². The Morgan fingerprint density at radius 2 is 2.14 bits per heavy atom. The first-order chi connectivity index (χ1) is 18.1. The Balaban J connectivity index is 1.53. The number of fused-ring (bicyclic) bond motifs is 1. The molecule has 3 aromatic heterocycles. The molecule has 4 heterocycles. The Kier molecular flexibility index (Phi) is 7.04. The molecular weight excluding hydrogens is 476 g/mol. The molecule has 1 aliphatic rings. The highest BCUT2D eigenvalue weighted by Crippen LogP contribution is 2.36. The Bertz CT molecular complexity index is 1400. The van der Waals surface area contributed by atoms with Crippen molar-refractivity contribution in [2.24, 2.45) is 0 Å². The second kappa shape index (κ2) is 10.7. The number of hydrogen-bond donors (Lipinski definition) is 3. The summed E-state index contributed by atoms with van der Waals surface area (Å²) < 4.78 is 22.8. The third kappa shape index (κ3) is 5.12. The molecule has 0 unspecified atom stereocenters. The van der Waals surface area contributed by atoms with Gasteiger partial charge in [-0.3, -0.25) is 4.79 Å². The Morgan fingerprint density at radius 1 is 1.24 bits per heavy atom. The molecule has 1 aliphatic heterocycles. The van der Waals surface area contributed by atoms with Crippen molar-refractivity contribution in [3.63, 3.8) is 0 Å². The third-order valence-corrected chi connectivity index (χ3v) is 5.94. The van der Waals surface area contributed by atoms with Gasteiger partial charge in [-0.2, -0.15) is 9.97 Å². The molecule has 1 aromatic carbocycles. The van der Waals surface area contributed by atoms with Crippen LogP contribution in [0.5, 0.6) is 17.5 Å². The van der Waals surface area contributed by atoms with Crippen molar-refractivity contribution in [3.05, 3.63) is 48.3 Å². The maximum absolute atomic E-state index is 12.0. The van der Waals surface area contributed by atoms with Gasteiger partial charge in [0.2, 0.25) is 17.7 Å². The van der Waals surface area contributed by atoms with Crippen LogP contribution in [0.15, 0.2) is 42.7 Å². The van der Waals surface area contributed by atoms with Gasteiger partial charge in [-0.25, -0.2) is 4.98 Å². The zero-order valence-corrected chi connectivity index (χ0v) is 20.8. The monoisotopic (exact) mass is 504 g/mol. The van der Waals surface area contributed by atoms with Crippen molar-refractivity contribution in [1.29, 1.82) is 0 Å². The first-order valence-corrected chi connectivity index (χ1v) is 12.0.